The van der Waals surface area contributed by atoms with Gasteiger partial charge in [0.05, 0.1) is 12.3 Å². The molecule has 1 atom stereocenters. The SMILES string of the molecule is CCOc1ccccc1NC(=O)[C@H](Oc1cccc2ccccc12)c1ccccc1. The van der Waals surface area contributed by atoms with Crippen LogP contribution in [0.15, 0.2) is 97.1 Å². The van der Waals surface area contributed by atoms with Crippen LogP contribution < -0.4 is 14.8 Å². The quantitative estimate of drug-likeness (QED) is 0.416. The molecule has 1 N–H and O–H groups in total. The average molecular weight is 397 g/mol. The highest BCUT2D eigenvalue weighted by molar-refractivity contribution is 5.97. The van der Waals surface area contributed by atoms with Crippen molar-refractivity contribution < 1.29 is 14.3 Å². The third-order valence-electron chi connectivity index (χ3n) is 4.78. The van der Waals surface area contributed by atoms with Crippen LogP contribution in [0.2, 0.25) is 0 Å². The summed E-state index contributed by atoms with van der Waals surface area (Å²) in [5.74, 6) is 1.03. The van der Waals surface area contributed by atoms with Gasteiger partial charge in [0.2, 0.25) is 6.10 Å². The van der Waals surface area contributed by atoms with Crippen LogP contribution in [0.4, 0.5) is 5.69 Å². The summed E-state index contributed by atoms with van der Waals surface area (Å²) in [6.07, 6.45) is -0.813. The van der Waals surface area contributed by atoms with Gasteiger partial charge in [-0.15, -0.1) is 0 Å². The maximum atomic E-state index is 13.3. The Hall–Kier alpha value is -3.79. The fourth-order valence-electron chi connectivity index (χ4n) is 3.38. The van der Waals surface area contributed by atoms with Crippen molar-refractivity contribution in [2.45, 2.75) is 13.0 Å². The Kier molecular flexibility index (Phi) is 5.95. The van der Waals surface area contributed by atoms with Gasteiger partial charge in [-0.25, -0.2) is 0 Å². The van der Waals surface area contributed by atoms with Crippen LogP contribution >= 0.6 is 0 Å². The van der Waals surface area contributed by atoms with Crippen LogP contribution in [0.25, 0.3) is 10.8 Å². The standard InChI is InChI=1S/C26H23NO3/c1-2-29-24-17-9-8-16-22(24)27-26(28)25(20-12-4-3-5-13-20)30-23-18-10-14-19-11-6-7-15-21(19)23/h3-18,25H,2H2,1H3,(H,27,28)/t25-/m1/s1. The molecular weight excluding hydrogens is 374 g/mol. The molecule has 30 heavy (non-hydrogen) atoms. The zero-order valence-corrected chi connectivity index (χ0v) is 16.7. The number of fused-ring (bicyclic) bond motifs is 1. The van der Waals surface area contributed by atoms with E-state index in [9.17, 15) is 4.79 Å². The first-order chi connectivity index (χ1) is 14.8. The molecule has 0 aromatic heterocycles. The number of nitrogens with one attached hydrogen (secondary N) is 1. The molecule has 4 rings (SSSR count). The summed E-state index contributed by atoms with van der Waals surface area (Å²) >= 11 is 0. The number of rotatable bonds is 7. The van der Waals surface area contributed by atoms with Crippen LogP contribution in [0.3, 0.4) is 0 Å². The molecule has 1 amide bonds. The summed E-state index contributed by atoms with van der Waals surface area (Å²) in [5, 5.41) is 4.99. The smallest absolute Gasteiger partial charge is 0.270 e. The number of ether oxygens (including phenoxy) is 2. The Morgan fingerprint density at radius 3 is 2.30 bits per heavy atom. The Labute approximate surface area is 176 Å². The molecule has 4 aromatic carbocycles. The van der Waals surface area contributed by atoms with Gasteiger partial charge in [0.15, 0.2) is 0 Å². The molecule has 0 aliphatic heterocycles. The summed E-state index contributed by atoms with van der Waals surface area (Å²) in [5.41, 5.74) is 1.39. The highest BCUT2D eigenvalue weighted by atomic mass is 16.5. The summed E-state index contributed by atoms with van der Waals surface area (Å²) < 4.78 is 11.9. The van der Waals surface area contributed by atoms with E-state index in [-0.39, 0.29) is 5.91 Å². The predicted octanol–water partition coefficient (Wildman–Crippen LogP) is 6.00. The van der Waals surface area contributed by atoms with Crippen molar-refractivity contribution in [1.29, 1.82) is 0 Å². The molecule has 4 heteroatoms. The zero-order chi connectivity index (χ0) is 20.8. The fraction of sp³-hybridized carbons (Fsp3) is 0.115. The number of amides is 1. The van der Waals surface area contributed by atoms with Crippen molar-refractivity contribution >= 4 is 22.4 Å². The highest BCUT2D eigenvalue weighted by Gasteiger charge is 2.24. The van der Waals surface area contributed by atoms with E-state index in [1.165, 1.54) is 0 Å². The molecule has 0 saturated heterocycles. The number of hydrogen-bond acceptors (Lipinski definition) is 3. The molecule has 0 fully saturated rings. The molecule has 0 saturated carbocycles. The van der Waals surface area contributed by atoms with Gasteiger partial charge in [-0.2, -0.15) is 0 Å². The van der Waals surface area contributed by atoms with Gasteiger partial charge < -0.3 is 14.8 Å². The molecule has 0 bridgehead atoms. The Balaban J connectivity index is 1.68. The van der Waals surface area contributed by atoms with Crippen LogP contribution in [0.5, 0.6) is 11.5 Å². The summed E-state index contributed by atoms with van der Waals surface area (Å²) in [6.45, 7) is 2.43. The molecule has 0 radical (unpaired) electrons. The lowest BCUT2D eigenvalue weighted by molar-refractivity contribution is -0.123. The number of anilines is 1. The topological polar surface area (TPSA) is 47.6 Å². The van der Waals surface area contributed by atoms with E-state index < -0.39 is 6.10 Å². The molecule has 0 aliphatic rings. The third kappa shape index (κ3) is 4.28. The van der Waals surface area contributed by atoms with Crippen LogP contribution in [-0.4, -0.2) is 12.5 Å². The minimum absolute atomic E-state index is 0.263. The molecular formula is C26H23NO3. The minimum Gasteiger partial charge on any atom is -0.492 e. The summed E-state index contributed by atoms with van der Waals surface area (Å²) in [7, 11) is 0. The first-order valence-corrected chi connectivity index (χ1v) is 9.98. The first kappa shape index (κ1) is 19.5. The number of hydrogen-bond donors (Lipinski definition) is 1. The van der Waals surface area contributed by atoms with Crippen molar-refractivity contribution in [2.75, 3.05) is 11.9 Å². The van der Waals surface area contributed by atoms with Gasteiger partial charge in [-0.1, -0.05) is 78.9 Å². The van der Waals surface area contributed by atoms with Crippen LogP contribution in [-0.2, 0) is 4.79 Å². The predicted molar refractivity (Wildman–Crippen MR) is 120 cm³/mol. The lowest BCUT2D eigenvalue weighted by atomic mass is 10.1. The van der Waals surface area contributed by atoms with Crippen LogP contribution in [0, 0.1) is 0 Å². The van der Waals surface area contributed by atoms with E-state index in [4.69, 9.17) is 9.47 Å². The number of carbonyl (C=O) groups excluding carboxylic acids is 1. The van der Waals surface area contributed by atoms with Gasteiger partial charge in [-0.3, -0.25) is 4.79 Å². The van der Waals surface area contributed by atoms with E-state index in [2.05, 4.69) is 5.32 Å². The zero-order valence-electron chi connectivity index (χ0n) is 16.7. The Morgan fingerprint density at radius 1 is 0.800 bits per heavy atom. The van der Waals surface area contributed by atoms with E-state index in [0.717, 1.165) is 16.3 Å². The normalized spacial score (nSPS) is 11.6. The van der Waals surface area contributed by atoms with E-state index in [0.29, 0.717) is 23.8 Å². The monoisotopic (exact) mass is 397 g/mol. The number of carbonyl (C=O) groups is 1. The molecule has 150 valence electrons. The molecule has 0 spiro atoms. The number of benzene rings is 4. The van der Waals surface area contributed by atoms with E-state index >= 15 is 0 Å². The third-order valence-corrected chi connectivity index (χ3v) is 4.78. The van der Waals surface area contributed by atoms with Crippen molar-refractivity contribution in [1.82, 2.24) is 0 Å². The lowest BCUT2D eigenvalue weighted by Gasteiger charge is -2.21. The Bertz CT molecular complexity index is 1140. The molecule has 0 unspecified atom stereocenters. The van der Waals surface area contributed by atoms with Gasteiger partial charge in [0.1, 0.15) is 11.5 Å². The molecule has 4 aromatic rings. The maximum absolute atomic E-state index is 13.3. The van der Waals surface area contributed by atoms with Crippen molar-refractivity contribution in [3.05, 3.63) is 103 Å². The minimum atomic E-state index is -0.813. The fourth-order valence-corrected chi connectivity index (χ4v) is 3.38. The maximum Gasteiger partial charge on any atom is 0.270 e. The van der Waals surface area contributed by atoms with Crippen molar-refractivity contribution in [3.63, 3.8) is 0 Å². The van der Waals surface area contributed by atoms with Crippen molar-refractivity contribution in [2.24, 2.45) is 0 Å². The first-order valence-electron chi connectivity index (χ1n) is 9.98. The second-order valence-corrected chi connectivity index (χ2v) is 6.80. The molecule has 4 nitrogen and oxygen atoms in total. The second-order valence-electron chi connectivity index (χ2n) is 6.80. The van der Waals surface area contributed by atoms with Gasteiger partial charge in [0, 0.05) is 10.9 Å². The lowest BCUT2D eigenvalue weighted by Crippen LogP contribution is -2.26. The largest absolute Gasteiger partial charge is 0.492 e. The number of para-hydroxylation sites is 2. The second kappa shape index (κ2) is 9.14. The van der Waals surface area contributed by atoms with E-state index in [1.807, 2.05) is 104 Å². The van der Waals surface area contributed by atoms with Crippen molar-refractivity contribution in [3.8, 4) is 11.5 Å². The van der Waals surface area contributed by atoms with E-state index in [1.54, 1.807) is 0 Å². The highest BCUT2D eigenvalue weighted by Crippen LogP contribution is 2.31. The molecule has 0 heterocycles. The summed E-state index contributed by atoms with van der Waals surface area (Å²) in [6, 6.07) is 30.7. The summed E-state index contributed by atoms with van der Waals surface area (Å²) in [4.78, 5) is 13.3. The average Bonchev–Trinajstić information content (AvgIpc) is 2.79. The van der Waals surface area contributed by atoms with Gasteiger partial charge in [0.25, 0.3) is 5.91 Å². The Morgan fingerprint density at radius 2 is 1.47 bits per heavy atom. The van der Waals surface area contributed by atoms with Gasteiger partial charge >= 0.3 is 0 Å². The van der Waals surface area contributed by atoms with Crippen LogP contribution in [0.1, 0.15) is 18.6 Å². The van der Waals surface area contributed by atoms with Gasteiger partial charge in [-0.05, 0) is 30.5 Å². The molecule has 0 aliphatic carbocycles.